The molecule has 15 N–H and O–H groups in total. The summed E-state index contributed by atoms with van der Waals surface area (Å²) in [5, 5.41) is 163. The van der Waals surface area contributed by atoms with Gasteiger partial charge in [0.05, 0.1) is 17.0 Å². The van der Waals surface area contributed by atoms with Crippen LogP contribution in [0.3, 0.4) is 0 Å². The normalized spacial score (nSPS) is 19.3. The van der Waals surface area contributed by atoms with Gasteiger partial charge in [-0.25, -0.2) is 9.59 Å². The summed E-state index contributed by atoms with van der Waals surface area (Å²) >= 11 is 0. The highest BCUT2D eigenvalue weighted by atomic mass is 16.6. The van der Waals surface area contributed by atoms with Crippen molar-refractivity contribution in [2.24, 2.45) is 0 Å². The Labute approximate surface area is 366 Å². The Morgan fingerprint density at radius 2 is 1.12 bits per heavy atom. The van der Waals surface area contributed by atoms with E-state index >= 15 is 0 Å². The van der Waals surface area contributed by atoms with E-state index < -0.39 is 186 Å². The predicted octanol–water partition coefficient (Wildman–Crippen LogP) is 4.77. The molecule has 0 aliphatic carbocycles. The van der Waals surface area contributed by atoms with Crippen molar-refractivity contribution in [2.45, 2.75) is 36.8 Å². The van der Waals surface area contributed by atoms with Gasteiger partial charge in [0.2, 0.25) is 17.2 Å². The molecule has 6 aromatic rings. The highest BCUT2D eigenvalue weighted by Crippen LogP contribution is 2.61. The summed E-state index contributed by atoms with van der Waals surface area (Å²) in [7, 11) is 0. The number of hydrogen-bond acceptors (Lipinski definition) is 22. The van der Waals surface area contributed by atoms with Crippen LogP contribution in [0.4, 0.5) is 0 Å². The van der Waals surface area contributed by atoms with Gasteiger partial charge in [-0.3, -0.25) is 0 Å². The van der Waals surface area contributed by atoms with Gasteiger partial charge >= 0.3 is 11.9 Å². The monoisotopic (exact) mass is 912 g/mol. The third-order valence-corrected chi connectivity index (χ3v) is 11.2. The zero-order valence-corrected chi connectivity index (χ0v) is 32.9. The number of hydrogen-bond donors (Lipinski definition) is 15. The van der Waals surface area contributed by atoms with Crippen LogP contribution >= 0.6 is 0 Å². The van der Waals surface area contributed by atoms with E-state index in [4.69, 9.17) is 23.7 Å². The lowest BCUT2D eigenvalue weighted by molar-refractivity contribution is -0.0309. The third-order valence-electron chi connectivity index (χ3n) is 11.2. The minimum atomic E-state index is -2.15. The van der Waals surface area contributed by atoms with E-state index in [0.717, 1.165) is 42.5 Å². The molecule has 0 amide bonds. The fourth-order valence-electron chi connectivity index (χ4n) is 8.22. The molecule has 340 valence electrons. The molecule has 5 unspecified atom stereocenters. The van der Waals surface area contributed by atoms with Crippen molar-refractivity contribution >= 4 is 11.9 Å². The second kappa shape index (κ2) is 14.9. The Hall–Kier alpha value is -9.34. The Morgan fingerprint density at radius 1 is 0.515 bits per heavy atom. The number of benzene rings is 6. The lowest BCUT2D eigenvalue weighted by atomic mass is 9.77. The molecule has 10 rings (SSSR count). The number of rotatable bonds is 3. The fraction of sp³-hybridized carbons (Fsp3) is 0.136. The zero-order valence-electron chi connectivity index (χ0n) is 32.9. The van der Waals surface area contributed by atoms with Crippen molar-refractivity contribution in [2.75, 3.05) is 0 Å². The minimum Gasteiger partial charge on any atom is -0.508 e. The summed E-state index contributed by atoms with van der Waals surface area (Å²) < 4.78 is 30.5. The van der Waals surface area contributed by atoms with Crippen LogP contribution in [-0.2, 0) is 15.9 Å². The summed E-state index contributed by atoms with van der Waals surface area (Å²) in [5.41, 5.74) is -3.24. The average molecular weight is 913 g/mol. The molecule has 0 radical (unpaired) electrons. The largest absolute Gasteiger partial charge is 0.508 e. The molecule has 5 atom stereocenters. The smallest absolute Gasteiger partial charge is 0.338 e. The Morgan fingerprint density at radius 3 is 1.79 bits per heavy atom. The molecule has 4 aliphatic rings. The first-order valence-corrected chi connectivity index (χ1v) is 19.1. The van der Waals surface area contributed by atoms with Crippen LogP contribution in [0.5, 0.6) is 109 Å². The zero-order chi connectivity index (χ0) is 47.4. The van der Waals surface area contributed by atoms with E-state index in [1.807, 2.05) is 0 Å². The molecule has 8 bridgehead atoms. The van der Waals surface area contributed by atoms with E-state index in [0.29, 0.717) is 18.2 Å². The van der Waals surface area contributed by atoms with Crippen molar-refractivity contribution < 1.29 is 110 Å². The standard InChI is InChI=1S/C44H32O22/c45-15-7-19(47)30-27(8-15)62-41-17-9-26(54)36(58)37(59)40(17)63-28-6-14(5-25(53)35(28)57)43(60)64-29-10-16-18(46)11-20(48)31(39(16)65-38(29)12-1-21(49)33(55)22(50)2-12)32(30)42(41)66-44(61)13-3-23(51)34(56)24(52)4-13/h1-9,11,29,32,38,41-42,45-59H,10H2. The van der Waals surface area contributed by atoms with Crippen LogP contribution in [0, 0.1) is 0 Å². The SMILES string of the molecule is O=C1OC2Cc3c(O)cc(O)c(c3OC2c2cc(O)c(O)c(O)c2)C2c3c(O)cc(O)cc3OC(c3cc(O)c(O)c(O)c3Oc3cc1cc(O)c3O)C2OC(=O)c1cc(O)c(O)c(O)c1. The van der Waals surface area contributed by atoms with E-state index in [9.17, 15) is 86.2 Å². The van der Waals surface area contributed by atoms with Crippen molar-refractivity contribution in [3.63, 3.8) is 0 Å². The molecule has 66 heavy (non-hydrogen) atoms. The molecule has 22 nitrogen and oxygen atoms in total. The summed E-state index contributed by atoms with van der Waals surface area (Å²) in [6.45, 7) is 0. The lowest BCUT2D eigenvalue weighted by Crippen LogP contribution is -2.40. The fourth-order valence-corrected chi connectivity index (χ4v) is 8.22. The molecule has 6 aromatic carbocycles. The summed E-state index contributed by atoms with van der Waals surface area (Å²) in [5.74, 6) is -22.1. The summed E-state index contributed by atoms with van der Waals surface area (Å²) in [4.78, 5) is 28.3. The number of aromatic hydroxyl groups is 15. The molecule has 0 spiro atoms. The van der Waals surface area contributed by atoms with E-state index in [1.165, 1.54) is 0 Å². The highest BCUT2D eigenvalue weighted by Gasteiger charge is 2.51. The Bertz CT molecular complexity index is 3040. The number of esters is 2. The first kappa shape index (κ1) is 42.0. The molecule has 0 aromatic heterocycles. The quantitative estimate of drug-likeness (QED) is 0.0839. The van der Waals surface area contributed by atoms with Gasteiger partial charge in [-0.2, -0.15) is 0 Å². The summed E-state index contributed by atoms with van der Waals surface area (Å²) in [6.07, 6.45) is -8.11. The molecule has 22 heteroatoms. The van der Waals surface area contributed by atoms with Gasteiger partial charge in [-0.05, 0) is 42.5 Å². The number of carbonyl (C=O) groups is 2. The van der Waals surface area contributed by atoms with Gasteiger partial charge in [0, 0.05) is 52.4 Å². The minimum absolute atomic E-state index is 0.216. The molecule has 4 heterocycles. The lowest BCUT2D eigenvalue weighted by Gasteiger charge is -2.42. The van der Waals surface area contributed by atoms with E-state index in [1.54, 1.807) is 0 Å². The third kappa shape index (κ3) is 6.58. The number of ether oxygens (including phenoxy) is 5. The summed E-state index contributed by atoms with van der Waals surface area (Å²) in [6, 6.07) is 7.99. The first-order valence-electron chi connectivity index (χ1n) is 19.1. The van der Waals surface area contributed by atoms with Crippen LogP contribution in [0.15, 0.2) is 60.7 Å². The molecular weight excluding hydrogens is 880 g/mol. The van der Waals surface area contributed by atoms with Crippen LogP contribution in [0.1, 0.15) is 66.7 Å². The van der Waals surface area contributed by atoms with Gasteiger partial charge in [-0.1, -0.05) is 0 Å². The van der Waals surface area contributed by atoms with Crippen molar-refractivity contribution in [1.29, 1.82) is 0 Å². The van der Waals surface area contributed by atoms with Gasteiger partial charge in [-0.15, -0.1) is 0 Å². The van der Waals surface area contributed by atoms with E-state index in [2.05, 4.69) is 0 Å². The molecule has 4 aliphatic heterocycles. The molecule has 0 saturated heterocycles. The molecule has 0 saturated carbocycles. The number of phenols is 15. The van der Waals surface area contributed by atoms with E-state index in [-0.39, 0.29) is 11.1 Å². The maximum Gasteiger partial charge on any atom is 0.338 e. The van der Waals surface area contributed by atoms with Gasteiger partial charge in [0.1, 0.15) is 40.6 Å². The number of carbonyl (C=O) groups excluding carboxylic acids is 2. The van der Waals surface area contributed by atoms with Crippen molar-refractivity contribution in [3.8, 4) is 109 Å². The van der Waals surface area contributed by atoms with Crippen molar-refractivity contribution in [1.82, 2.24) is 0 Å². The van der Waals surface area contributed by atoms with Crippen LogP contribution in [-0.4, -0.2) is 101 Å². The second-order valence-corrected chi connectivity index (χ2v) is 15.3. The first-order chi connectivity index (χ1) is 31.2. The maximum absolute atomic E-state index is 14.3. The average Bonchev–Trinajstić information content (AvgIpc) is 3.25. The highest BCUT2D eigenvalue weighted by molar-refractivity contribution is 5.92. The van der Waals surface area contributed by atoms with Crippen LogP contribution < -0.4 is 14.2 Å². The topological polar surface area (TPSA) is 384 Å². The molecular formula is C44H32O22. The predicted molar refractivity (Wildman–Crippen MR) is 214 cm³/mol. The van der Waals surface area contributed by atoms with Crippen LogP contribution in [0.25, 0.3) is 0 Å². The van der Waals surface area contributed by atoms with Gasteiger partial charge < -0.3 is 100 Å². The number of phenolic OH excluding ortho intramolecular Hbond substituents is 15. The Balaban J connectivity index is 1.40. The van der Waals surface area contributed by atoms with Crippen LogP contribution in [0.2, 0.25) is 0 Å². The van der Waals surface area contributed by atoms with Gasteiger partial charge in [0.15, 0.2) is 75.8 Å². The van der Waals surface area contributed by atoms with Crippen molar-refractivity contribution in [3.05, 3.63) is 99.6 Å². The number of fused-ring (bicyclic) bond motifs is 3. The maximum atomic E-state index is 14.3. The Kier molecular flexibility index (Phi) is 9.48. The molecule has 0 fully saturated rings. The second-order valence-electron chi connectivity index (χ2n) is 15.3. The van der Waals surface area contributed by atoms with Gasteiger partial charge in [0.25, 0.3) is 0 Å².